The molecule has 0 saturated heterocycles. The van der Waals surface area contributed by atoms with E-state index in [9.17, 15) is 4.79 Å². The van der Waals surface area contributed by atoms with E-state index in [1.54, 1.807) is 0 Å². The lowest BCUT2D eigenvalue weighted by Crippen LogP contribution is -2.57. The third kappa shape index (κ3) is 3.44. The van der Waals surface area contributed by atoms with E-state index in [0.29, 0.717) is 21.1 Å². The molecule has 152 valence electrons. The van der Waals surface area contributed by atoms with Crippen molar-refractivity contribution in [1.29, 1.82) is 0 Å². The number of halogens is 1. The fourth-order valence-corrected chi connectivity index (χ4v) is 7.24. The van der Waals surface area contributed by atoms with E-state index in [1.807, 2.05) is 36.4 Å². The van der Waals surface area contributed by atoms with E-state index in [0.717, 1.165) is 28.5 Å². The summed E-state index contributed by atoms with van der Waals surface area (Å²) in [6.07, 6.45) is 8.22. The van der Waals surface area contributed by atoms with Crippen LogP contribution in [0.5, 0.6) is 0 Å². The van der Waals surface area contributed by atoms with Crippen LogP contribution in [0.25, 0.3) is 10.8 Å². The molecule has 5 heteroatoms. The zero-order chi connectivity index (χ0) is 20.2. The Morgan fingerprint density at radius 1 is 1.03 bits per heavy atom. The molecule has 0 radical (unpaired) electrons. The highest BCUT2D eigenvalue weighted by Gasteiger charge is 2.53. The molecule has 3 nitrogen and oxygen atoms in total. The van der Waals surface area contributed by atoms with Crippen molar-refractivity contribution < 1.29 is 4.79 Å². The molecule has 29 heavy (non-hydrogen) atoms. The van der Waals surface area contributed by atoms with Gasteiger partial charge in [0, 0.05) is 22.0 Å². The van der Waals surface area contributed by atoms with Crippen molar-refractivity contribution in [3.8, 4) is 0 Å². The molecule has 1 amide bonds. The van der Waals surface area contributed by atoms with E-state index >= 15 is 0 Å². The van der Waals surface area contributed by atoms with Gasteiger partial charge in [0.25, 0.3) is 5.91 Å². The highest BCUT2D eigenvalue weighted by Crippen LogP contribution is 2.61. The summed E-state index contributed by atoms with van der Waals surface area (Å²) < 4.78 is 0. The number of thiocarbonyl (C=S) groups is 1. The van der Waals surface area contributed by atoms with Crippen LogP contribution < -0.4 is 10.6 Å². The minimum Gasteiger partial charge on any atom is -0.359 e. The van der Waals surface area contributed by atoms with Gasteiger partial charge < -0.3 is 5.32 Å². The van der Waals surface area contributed by atoms with E-state index in [2.05, 4.69) is 17.6 Å². The molecule has 0 unspecified atom stereocenters. The number of rotatable bonds is 3. The molecule has 0 heterocycles. The van der Waals surface area contributed by atoms with Crippen LogP contribution in [0.2, 0.25) is 5.02 Å². The van der Waals surface area contributed by atoms with Crippen molar-refractivity contribution in [2.45, 2.75) is 51.5 Å². The maximum Gasteiger partial charge on any atom is 0.258 e. The molecule has 4 fully saturated rings. The smallest absolute Gasteiger partial charge is 0.258 e. The fourth-order valence-electron chi connectivity index (χ4n) is 6.73. The van der Waals surface area contributed by atoms with Gasteiger partial charge in [-0.05, 0) is 98.4 Å². The molecule has 4 saturated carbocycles. The molecule has 4 aliphatic rings. The number of hydrogen-bond donors (Lipinski definition) is 2. The quantitative estimate of drug-likeness (QED) is 0.618. The number of benzene rings is 2. The second-order valence-corrected chi connectivity index (χ2v) is 10.4. The van der Waals surface area contributed by atoms with Crippen LogP contribution >= 0.6 is 23.8 Å². The van der Waals surface area contributed by atoms with Crippen LogP contribution in [0.1, 0.15) is 55.8 Å². The van der Waals surface area contributed by atoms with Crippen LogP contribution in [0.4, 0.5) is 0 Å². The summed E-state index contributed by atoms with van der Waals surface area (Å²) in [6, 6.07) is 11.5. The molecule has 0 aliphatic heterocycles. The third-order valence-corrected chi connectivity index (χ3v) is 8.24. The minimum absolute atomic E-state index is 0.187. The van der Waals surface area contributed by atoms with E-state index < -0.39 is 0 Å². The second-order valence-electron chi connectivity index (χ2n) is 9.57. The maximum atomic E-state index is 12.9. The first-order chi connectivity index (χ1) is 13.9. The lowest BCUT2D eigenvalue weighted by atomic mass is 9.48. The number of hydrogen-bond acceptors (Lipinski definition) is 2. The van der Waals surface area contributed by atoms with E-state index in [-0.39, 0.29) is 11.9 Å². The monoisotopic (exact) mass is 426 g/mol. The van der Waals surface area contributed by atoms with Crippen molar-refractivity contribution >= 4 is 45.6 Å². The Bertz CT molecular complexity index is 953. The first-order valence-electron chi connectivity index (χ1n) is 10.7. The third-order valence-electron chi connectivity index (χ3n) is 7.69. The van der Waals surface area contributed by atoms with Crippen LogP contribution in [0.3, 0.4) is 0 Å². The van der Waals surface area contributed by atoms with Gasteiger partial charge in [0.2, 0.25) is 0 Å². The van der Waals surface area contributed by atoms with Gasteiger partial charge in [-0.25, -0.2) is 0 Å². The largest absolute Gasteiger partial charge is 0.359 e. The van der Waals surface area contributed by atoms with Gasteiger partial charge in [-0.15, -0.1) is 0 Å². The number of carbonyl (C=O) groups excluding carboxylic acids is 1. The van der Waals surface area contributed by atoms with Crippen molar-refractivity contribution in [3.63, 3.8) is 0 Å². The Balaban J connectivity index is 1.29. The Morgan fingerprint density at radius 3 is 2.28 bits per heavy atom. The Morgan fingerprint density at radius 2 is 1.62 bits per heavy atom. The lowest BCUT2D eigenvalue weighted by Gasteiger charge is -2.59. The topological polar surface area (TPSA) is 41.1 Å². The Hall–Kier alpha value is -1.65. The van der Waals surface area contributed by atoms with Gasteiger partial charge in [-0.1, -0.05) is 35.9 Å². The molecule has 0 spiro atoms. The van der Waals surface area contributed by atoms with Crippen LogP contribution in [-0.2, 0) is 0 Å². The van der Waals surface area contributed by atoms with Crippen molar-refractivity contribution in [2.75, 3.05) is 0 Å². The average molecular weight is 427 g/mol. The molecular formula is C24H27ClN2OS. The van der Waals surface area contributed by atoms with Crippen molar-refractivity contribution in [1.82, 2.24) is 10.6 Å². The average Bonchev–Trinajstić information content (AvgIpc) is 2.66. The Labute approximate surface area is 182 Å². The van der Waals surface area contributed by atoms with Gasteiger partial charge in [0.05, 0.1) is 0 Å². The van der Waals surface area contributed by atoms with E-state index in [1.165, 1.54) is 38.5 Å². The molecule has 6 rings (SSSR count). The highest BCUT2D eigenvalue weighted by atomic mass is 35.5. The fraction of sp³-hybridized carbons (Fsp3) is 0.500. The van der Waals surface area contributed by atoms with E-state index in [4.69, 9.17) is 23.8 Å². The normalized spacial score (nSPS) is 30.9. The molecule has 2 aromatic rings. The number of amides is 1. The summed E-state index contributed by atoms with van der Waals surface area (Å²) in [7, 11) is 0. The molecule has 1 atom stereocenters. The van der Waals surface area contributed by atoms with Crippen LogP contribution in [-0.4, -0.2) is 17.1 Å². The van der Waals surface area contributed by atoms with Gasteiger partial charge in [-0.3, -0.25) is 10.1 Å². The van der Waals surface area contributed by atoms with Gasteiger partial charge in [-0.2, -0.15) is 0 Å². The number of fused-ring (bicyclic) bond motifs is 1. The summed E-state index contributed by atoms with van der Waals surface area (Å²) in [5.74, 6) is 2.50. The summed E-state index contributed by atoms with van der Waals surface area (Å²) in [5.41, 5.74) is 0.938. The number of carbonyl (C=O) groups is 1. The van der Waals surface area contributed by atoms with Crippen LogP contribution in [0, 0.1) is 23.2 Å². The molecule has 4 aliphatic carbocycles. The minimum atomic E-state index is -0.187. The van der Waals surface area contributed by atoms with Crippen LogP contribution in [0.15, 0.2) is 36.4 Å². The predicted molar refractivity (Wildman–Crippen MR) is 122 cm³/mol. The summed E-state index contributed by atoms with van der Waals surface area (Å²) in [6.45, 7) is 2.25. The summed E-state index contributed by atoms with van der Waals surface area (Å²) in [4.78, 5) is 12.9. The van der Waals surface area contributed by atoms with Gasteiger partial charge in [0.1, 0.15) is 0 Å². The SMILES string of the molecule is C[C@H](NC(=S)NC(=O)c1cccc2c(Cl)cccc12)C12CC3CC(CC(C3)C1)C2. The second kappa shape index (κ2) is 7.24. The van der Waals surface area contributed by atoms with Crippen molar-refractivity contribution in [2.24, 2.45) is 23.2 Å². The maximum absolute atomic E-state index is 12.9. The molecule has 0 aromatic heterocycles. The summed E-state index contributed by atoms with van der Waals surface area (Å²) >= 11 is 11.8. The lowest BCUT2D eigenvalue weighted by molar-refractivity contribution is -0.0672. The molecule has 2 aromatic carbocycles. The standard InChI is InChI=1S/C24H27ClN2OS/c1-14(24-11-15-8-16(12-24)10-17(9-15)13-24)26-23(29)27-22(28)20-6-2-5-19-18(20)4-3-7-21(19)25/h2-7,14-17H,8-13H2,1H3,(H2,26,27,28,29)/t14-,15?,16?,17?,24?/m0/s1. The zero-order valence-electron chi connectivity index (χ0n) is 16.7. The van der Waals surface area contributed by atoms with Crippen molar-refractivity contribution in [3.05, 3.63) is 47.0 Å². The zero-order valence-corrected chi connectivity index (χ0v) is 18.3. The van der Waals surface area contributed by atoms with Gasteiger partial charge in [0.15, 0.2) is 5.11 Å². The number of nitrogens with one attached hydrogen (secondary N) is 2. The molecular weight excluding hydrogens is 400 g/mol. The molecule has 4 bridgehead atoms. The predicted octanol–water partition coefficient (Wildman–Crippen LogP) is 5.70. The van der Waals surface area contributed by atoms with Gasteiger partial charge >= 0.3 is 0 Å². The Kier molecular flexibility index (Phi) is 4.83. The highest BCUT2D eigenvalue weighted by molar-refractivity contribution is 7.80. The summed E-state index contributed by atoms with van der Waals surface area (Å²) in [5, 5.41) is 9.17. The first-order valence-corrected chi connectivity index (χ1v) is 11.5. The molecule has 2 N–H and O–H groups in total. The first kappa shape index (κ1) is 19.3.